The van der Waals surface area contributed by atoms with Gasteiger partial charge >= 0.3 is 5.97 Å². The number of carbonyl (C=O) groups excluding carboxylic acids is 1. The number of halogens is 1. The lowest BCUT2D eigenvalue weighted by Gasteiger charge is -2.11. The van der Waals surface area contributed by atoms with Crippen LogP contribution in [-0.2, 0) is 4.74 Å². The van der Waals surface area contributed by atoms with Crippen molar-refractivity contribution in [1.82, 2.24) is 0 Å². The number of rotatable bonds is 5. The van der Waals surface area contributed by atoms with Gasteiger partial charge in [0.2, 0.25) is 0 Å². The average Bonchev–Trinajstić information content (AvgIpc) is 3.12. The molecule has 0 aliphatic heterocycles. The minimum atomic E-state index is -0.434. The Labute approximate surface area is 177 Å². The van der Waals surface area contributed by atoms with Gasteiger partial charge < -0.3 is 20.1 Å². The molecule has 0 atom stereocenters. The van der Waals surface area contributed by atoms with Crippen LogP contribution in [0.1, 0.15) is 10.4 Å². The number of ether oxygens (including phenoxy) is 2. The molecule has 0 saturated heterocycles. The number of hydrogen-bond donors (Lipinski definition) is 2. The van der Waals surface area contributed by atoms with E-state index in [0.717, 1.165) is 10.4 Å². The Morgan fingerprint density at radius 3 is 2.46 bits per heavy atom. The summed E-state index contributed by atoms with van der Waals surface area (Å²) < 4.78 is 10.0. The Hall–Kier alpha value is -2.61. The van der Waals surface area contributed by atoms with E-state index in [0.29, 0.717) is 32.1 Å². The van der Waals surface area contributed by atoms with Crippen LogP contribution in [0.3, 0.4) is 0 Å². The molecule has 8 heteroatoms. The number of methoxy groups -OCH3 is 2. The van der Waals surface area contributed by atoms with E-state index in [1.165, 1.54) is 18.4 Å². The lowest BCUT2D eigenvalue weighted by molar-refractivity contribution is 0.0602. The number of esters is 1. The van der Waals surface area contributed by atoms with Crippen molar-refractivity contribution in [3.05, 3.63) is 65.2 Å². The molecule has 0 spiro atoms. The van der Waals surface area contributed by atoms with Crippen LogP contribution in [0.25, 0.3) is 10.4 Å². The number of thiophene rings is 1. The molecule has 0 fully saturated rings. The largest absolute Gasteiger partial charge is 0.495 e. The minimum absolute atomic E-state index is 0.327. The summed E-state index contributed by atoms with van der Waals surface area (Å²) in [5.74, 6) is 0.140. The molecule has 5 nitrogen and oxygen atoms in total. The first-order chi connectivity index (χ1) is 13.5. The quantitative estimate of drug-likeness (QED) is 0.400. The van der Waals surface area contributed by atoms with Gasteiger partial charge in [-0.15, -0.1) is 11.3 Å². The number of hydrogen-bond acceptors (Lipinski definition) is 5. The molecule has 0 aliphatic carbocycles. The van der Waals surface area contributed by atoms with Gasteiger partial charge in [-0.1, -0.05) is 41.9 Å². The molecule has 0 aliphatic rings. The van der Waals surface area contributed by atoms with Gasteiger partial charge in [-0.3, -0.25) is 0 Å². The van der Waals surface area contributed by atoms with Gasteiger partial charge in [0.25, 0.3) is 0 Å². The SMILES string of the molecule is COC(=O)c1cc(-c2ccccc2)sc1NC(=S)Nc1ccc(OC)c(Cl)c1. The molecule has 1 aromatic heterocycles. The third kappa shape index (κ3) is 4.62. The third-order valence-electron chi connectivity index (χ3n) is 3.83. The monoisotopic (exact) mass is 432 g/mol. The van der Waals surface area contributed by atoms with Gasteiger partial charge in [-0.25, -0.2) is 4.79 Å². The molecular formula is C20H17ClN2O3S2. The highest BCUT2D eigenvalue weighted by molar-refractivity contribution is 7.80. The number of anilines is 2. The molecule has 3 rings (SSSR count). The van der Waals surface area contributed by atoms with Crippen molar-refractivity contribution < 1.29 is 14.3 Å². The van der Waals surface area contributed by atoms with E-state index in [2.05, 4.69) is 10.6 Å². The summed E-state index contributed by atoms with van der Waals surface area (Å²) in [5.41, 5.74) is 2.12. The summed E-state index contributed by atoms with van der Waals surface area (Å²) in [7, 11) is 2.90. The second kappa shape index (κ2) is 9.05. The molecule has 1 heterocycles. The Kier molecular flexibility index (Phi) is 6.51. The van der Waals surface area contributed by atoms with E-state index in [4.69, 9.17) is 33.3 Å². The van der Waals surface area contributed by atoms with Gasteiger partial charge in [0, 0.05) is 10.6 Å². The summed E-state index contributed by atoms with van der Waals surface area (Å²) in [6, 6.07) is 16.8. The first-order valence-corrected chi connectivity index (χ1v) is 9.81. The summed E-state index contributed by atoms with van der Waals surface area (Å²) in [6.07, 6.45) is 0. The topological polar surface area (TPSA) is 59.6 Å². The molecule has 144 valence electrons. The molecule has 0 saturated carbocycles. The Morgan fingerprint density at radius 2 is 1.82 bits per heavy atom. The molecular weight excluding hydrogens is 416 g/mol. The van der Waals surface area contributed by atoms with Gasteiger partial charge in [-0.2, -0.15) is 0 Å². The van der Waals surface area contributed by atoms with Crippen LogP contribution in [0.15, 0.2) is 54.6 Å². The molecule has 0 unspecified atom stereocenters. The fourth-order valence-corrected chi connectivity index (χ4v) is 4.10. The highest BCUT2D eigenvalue weighted by atomic mass is 35.5. The summed E-state index contributed by atoms with van der Waals surface area (Å²) >= 11 is 12.9. The van der Waals surface area contributed by atoms with Crippen LogP contribution in [0.5, 0.6) is 5.75 Å². The van der Waals surface area contributed by atoms with Crippen molar-refractivity contribution in [2.24, 2.45) is 0 Å². The van der Waals surface area contributed by atoms with Crippen LogP contribution in [0, 0.1) is 0 Å². The van der Waals surface area contributed by atoms with Crippen LogP contribution < -0.4 is 15.4 Å². The Bertz CT molecular complexity index is 1010. The van der Waals surface area contributed by atoms with E-state index in [9.17, 15) is 4.79 Å². The number of nitrogens with one attached hydrogen (secondary N) is 2. The van der Waals surface area contributed by atoms with E-state index >= 15 is 0 Å². The highest BCUT2D eigenvalue weighted by Gasteiger charge is 2.18. The van der Waals surface area contributed by atoms with Crippen molar-refractivity contribution >= 4 is 56.9 Å². The normalized spacial score (nSPS) is 10.2. The van der Waals surface area contributed by atoms with Crippen LogP contribution >= 0.6 is 35.2 Å². The lowest BCUT2D eigenvalue weighted by atomic mass is 10.1. The highest BCUT2D eigenvalue weighted by Crippen LogP contribution is 2.36. The van der Waals surface area contributed by atoms with Gasteiger partial charge in [0.15, 0.2) is 5.11 Å². The maximum atomic E-state index is 12.2. The second-order valence-electron chi connectivity index (χ2n) is 5.64. The summed E-state index contributed by atoms with van der Waals surface area (Å²) in [5, 5.41) is 7.52. The molecule has 28 heavy (non-hydrogen) atoms. The first kappa shape index (κ1) is 20.1. The van der Waals surface area contributed by atoms with Crippen LogP contribution in [-0.4, -0.2) is 25.3 Å². The number of thiocarbonyl (C=S) groups is 1. The van der Waals surface area contributed by atoms with Crippen LogP contribution in [0.2, 0.25) is 5.02 Å². The fourth-order valence-electron chi connectivity index (χ4n) is 2.50. The number of benzene rings is 2. The van der Waals surface area contributed by atoms with Crippen LogP contribution in [0.4, 0.5) is 10.7 Å². The fraction of sp³-hybridized carbons (Fsp3) is 0.100. The van der Waals surface area contributed by atoms with E-state index < -0.39 is 5.97 Å². The molecule has 0 bridgehead atoms. The van der Waals surface area contributed by atoms with Crippen molar-refractivity contribution in [2.45, 2.75) is 0 Å². The van der Waals surface area contributed by atoms with E-state index in [-0.39, 0.29) is 0 Å². The Balaban J connectivity index is 1.82. The molecule has 2 N–H and O–H groups in total. The average molecular weight is 433 g/mol. The standard InChI is InChI=1S/C20H17ClN2O3S2/c1-25-16-9-8-13(10-15(16)21)22-20(27)23-18-14(19(24)26-2)11-17(28-18)12-6-4-3-5-7-12/h3-11H,1-2H3,(H2,22,23,27). The lowest BCUT2D eigenvalue weighted by Crippen LogP contribution is -2.19. The van der Waals surface area contributed by atoms with Gasteiger partial charge in [0.05, 0.1) is 24.8 Å². The molecule has 2 aromatic carbocycles. The Morgan fingerprint density at radius 1 is 1.07 bits per heavy atom. The third-order valence-corrected chi connectivity index (χ3v) is 5.43. The van der Waals surface area contributed by atoms with Crippen molar-refractivity contribution in [1.29, 1.82) is 0 Å². The van der Waals surface area contributed by atoms with E-state index in [1.807, 2.05) is 30.3 Å². The zero-order valence-electron chi connectivity index (χ0n) is 15.1. The number of carbonyl (C=O) groups is 1. The van der Waals surface area contributed by atoms with Crippen molar-refractivity contribution in [3.63, 3.8) is 0 Å². The van der Waals surface area contributed by atoms with Gasteiger partial charge in [-0.05, 0) is 42.0 Å². The predicted octanol–water partition coefficient (Wildman–Crippen LogP) is 5.67. The zero-order valence-corrected chi connectivity index (χ0v) is 17.5. The van der Waals surface area contributed by atoms with E-state index in [1.54, 1.807) is 31.4 Å². The maximum absolute atomic E-state index is 12.2. The molecule has 0 amide bonds. The van der Waals surface area contributed by atoms with Crippen molar-refractivity contribution in [2.75, 3.05) is 24.9 Å². The van der Waals surface area contributed by atoms with Gasteiger partial charge in [0.1, 0.15) is 10.8 Å². The molecule has 0 radical (unpaired) electrons. The summed E-state index contributed by atoms with van der Waals surface area (Å²) in [6.45, 7) is 0. The zero-order chi connectivity index (χ0) is 20.1. The van der Waals surface area contributed by atoms with Crippen molar-refractivity contribution in [3.8, 4) is 16.2 Å². The predicted molar refractivity (Wildman–Crippen MR) is 119 cm³/mol. The second-order valence-corrected chi connectivity index (χ2v) is 7.51. The summed E-state index contributed by atoms with van der Waals surface area (Å²) in [4.78, 5) is 13.1. The smallest absolute Gasteiger partial charge is 0.340 e. The minimum Gasteiger partial charge on any atom is -0.495 e. The first-order valence-electron chi connectivity index (χ1n) is 8.21. The maximum Gasteiger partial charge on any atom is 0.340 e. The molecule has 3 aromatic rings.